The Hall–Kier alpha value is -2.73. The Kier molecular flexibility index (Phi) is 6.86. The van der Waals surface area contributed by atoms with Crippen molar-refractivity contribution < 1.29 is 9.59 Å². The highest BCUT2D eigenvalue weighted by Crippen LogP contribution is 2.15. The van der Waals surface area contributed by atoms with Crippen LogP contribution in [0.4, 0.5) is 5.69 Å². The van der Waals surface area contributed by atoms with Crippen molar-refractivity contribution in [3.63, 3.8) is 0 Å². The fourth-order valence-corrected chi connectivity index (χ4v) is 2.41. The van der Waals surface area contributed by atoms with Gasteiger partial charge in [-0.05, 0) is 76.3 Å². The fraction of sp³-hybridized carbons (Fsp3) is 0.350. The summed E-state index contributed by atoms with van der Waals surface area (Å²) in [6.07, 6.45) is 2.33. The molecular weight excluding hydrogens is 328 g/mol. The van der Waals surface area contributed by atoms with Crippen molar-refractivity contribution in [2.45, 2.75) is 20.3 Å². The SMILES string of the molecule is Cc1ccc(NC(=O)c2ccnc(C(=O)NCCCN(C)C)c2)cc1C. The number of benzene rings is 1. The molecule has 0 saturated heterocycles. The van der Waals surface area contributed by atoms with Gasteiger partial charge in [0.05, 0.1) is 0 Å². The van der Waals surface area contributed by atoms with Crippen LogP contribution in [0.15, 0.2) is 36.5 Å². The van der Waals surface area contributed by atoms with Crippen molar-refractivity contribution in [2.24, 2.45) is 0 Å². The van der Waals surface area contributed by atoms with Crippen LogP contribution < -0.4 is 10.6 Å². The quantitative estimate of drug-likeness (QED) is 0.750. The number of hydrogen-bond acceptors (Lipinski definition) is 4. The van der Waals surface area contributed by atoms with Crippen LogP contribution in [-0.2, 0) is 0 Å². The topological polar surface area (TPSA) is 74.3 Å². The first kappa shape index (κ1) is 19.6. The molecule has 26 heavy (non-hydrogen) atoms. The Morgan fingerprint density at radius 2 is 1.81 bits per heavy atom. The molecule has 0 aliphatic heterocycles. The molecule has 2 rings (SSSR count). The van der Waals surface area contributed by atoms with E-state index >= 15 is 0 Å². The van der Waals surface area contributed by atoms with Gasteiger partial charge in [0, 0.05) is 24.0 Å². The lowest BCUT2D eigenvalue weighted by Gasteiger charge is -2.10. The summed E-state index contributed by atoms with van der Waals surface area (Å²) in [6.45, 7) is 5.48. The first-order chi connectivity index (χ1) is 12.4. The molecule has 6 heteroatoms. The average molecular weight is 354 g/mol. The molecule has 0 fully saturated rings. The molecule has 0 bridgehead atoms. The van der Waals surface area contributed by atoms with E-state index in [1.807, 2.05) is 46.1 Å². The van der Waals surface area contributed by atoms with Crippen LogP contribution in [0, 0.1) is 13.8 Å². The molecule has 138 valence electrons. The van der Waals surface area contributed by atoms with Gasteiger partial charge in [-0.25, -0.2) is 0 Å². The largest absolute Gasteiger partial charge is 0.351 e. The smallest absolute Gasteiger partial charge is 0.269 e. The first-order valence-electron chi connectivity index (χ1n) is 8.64. The maximum atomic E-state index is 12.4. The van der Waals surface area contributed by atoms with E-state index in [4.69, 9.17) is 0 Å². The Labute approximate surface area is 154 Å². The maximum Gasteiger partial charge on any atom is 0.269 e. The lowest BCUT2D eigenvalue weighted by Crippen LogP contribution is -2.28. The van der Waals surface area contributed by atoms with Crippen molar-refractivity contribution in [3.05, 3.63) is 58.9 Å². The number of amides is 2. The number of aryl methyl sites for hydroxylation is 2. The second kappa shape index (κ2) is 9.10. The number of anilines is 1. The van der Waals surface area contributed by atoms with Crippen LogP contribution in [-0.4, -0.2) is 48.9 Å². The van der Waals surface area contributed by atoms with Crippen molar-refractivity contribution in [3.8, 4) is 0 Å². The number of pyridine rings is 1. The van der Waals surface area contributed by atoms with E-state index in [0.29, 0.717) is 12.1 Å². The zero-order valence-corrected chi connectivity index (χ0v) is 15.8. The van der Waals surface area contributed by atoms with Gasteiger partial charge >= 0.3 is 0 Å². The van der Waals surface area contributed by atoms with E-state index in [2.05, 4.69) is 20.5 Å². The highest BCUT2D eigenvalue weighted by Gasteiger charge is 2.12. The standard InChI is InChI=1S/C20H26N4O2/c1-14-6-7-17(12-15(14)2)23-19(25)16-8-10-21-18(13-16)20(26)22-9-5-11-24(3)4/h6-8,10,12-13H,5,9,11H2,1-4H3,(H,22,26)(H,23,25). The van der Waals surface area contributed by atoms with Crippen LogP contribution in [0.3, 0.4) is 0 Å². The third kappa shape index (κ3) is 5.67. The molecule has 2 amide bonds. The van der Waals surface area contributed by atoms with E-state index in [9.17, 15) is 9.59 Å². The van der Waals surface area contributed by atoms with Gasteiger partial charge in [0.15, 0.2) is 0 Å². The number of nitrogens with one attached hydrogen (secondary N) is 2. The third-order valence-electron chi connectivity index (χ3n) is 4.09. The molecule has 0 saturated carbocycles. The van der Waals surface area contributed by atoms with Gasteiger partial charge in [0.2, 0.25) is 0 Å². The minimum Gasteiger partial charge on any atom is -0.351 e. The molecular formula is C20H26N4O2. The van der Waals surface area contributed by atoms with E-state index in [-0.39, 0.29) is 17.5 Å². The Bertz CT molecular complexity index is 787. The third-order valence-corrected chi connectivity index (χ3v) is 4.09. The minimum atomic E-state index is -0.274. The highest BCUT2D eigenvalue weighted by atomic mass is 16.2. The normalized spacial score (nSPS) is 10.7. The second-order valence-electron chi connectivity index (χ2n) is 6.60. The first-order valence-corrected chi connectivity index (χ1v) is 8.64. The highest BCUT2D eigenvalue weighted by molar-refractivity contribution is 6.05. The number of nitrogens with zero attached hydrogens (tertiary/aromatic N) is 2. The van der Waals surface area contributed by atoms with Crippen LogP contribution in [0.1, 0.15) is 38.4 Å². The Morgan fingerprint density at radius 3 is 2.50 bits per heavy atom. The van der Waals surface area contributed by atoms with Crippen LogP contribution in [0.5, 0.6) is 0 Å². The molecule has 0 spiro atoms. The van der Waals surface area contributed by atoms with Gasteiger partial charge < -0.3 is 15.5 Å². The molecule has 0 atom stereocenters. The van der Waals surface area contributed by atoms with Crippen molar-refractivity contribution >= 4 is 17.5 Å². The van der Waals surface area contributed by atoms with Gasteiger partial charge in [0.1, 0.15) is 5.69 Å². The summed E-state index contributed by atoms with van der Waals surface area (Å²) in [7, 11) is 3.97. The zero-order chi connectivity index (χ0) is 19.1. The van der Waals surface area contributed by atoms with Gasteiger partial charge in [-0.1, -0.05) is 6.07 Å². The van der Waals surface area contributed by atoms with Crippen LogP contribution in [0.25, 0.3) is 0 Å². The zero-order valence-electron chi connectivity index (χ0n) is 15.8. The molecule has 0 radical (unpaired) electrons. The minimum absolute atomic E-state index is 0.239. The van der Waals surface area contributed by atoms with Gasteiger partial charge in [0.25, 0.3) is 11.8 Å². The van der Waals surface area contributed by atoms with E-state index in [1.54, 1.807) is 6.07 Å². The summed E-state index contributed by atoms with van der Waals surface area (Å²) < 4.78 is 0. The summed E-state index contributed by atoms with van der Waals surface area (Å²) in [5, 5.41) is 5.68. The van der Waals surface area contributed by atoms with E-state index in [0.717, 1.165) is 24.2 Å². The van der Waals surface area contributed by atoms with Crippen molar-refractivity contribution in [1.29, 1.82) is 0 Å². The van der Waals surface area contributed by atoms with E-state index in [1.165, 1.54) is 17.8 Å². The number of aromatic nitrogens is 1. The number of carbonyl (C=O) groups is 2. The van der Waals surface area contributed by atoms with Crippen molar-refractivity contribution in [2.75, 3.05) is 32.5 Å². The summed E-state index contributed by atoms with van der Waals surface area (Å²) in [5.41, 5.74) is 3.64. The molecule has 6 nitrogen and oxygen atoms in total. The van der Waals surface area contributed by atoms with Gasteiger partial charge in [-0.2, -0.15) is 0 Å². The van der Waals surface area contributed by atoms with Gasteiger partial charge in [-0.15, -0.1) is 0 Å². The molecule has 0 aliphatic rings. The lowest BCUT2D eigenvalue weighted by molar-refractivity contribution is 0.0947. The van der Waals surface area contributed by atoms with Gasteiger partial charge in [-0.3, -0.25) is 14.6 Å². The molecule has 0 unspecified atom stereocenters. The van der Waals surface area contributed by atoms with E-state index < -0.39 is 0 Å². The van der Waals surface area contributed by atoms with Crippen LogP contribution in [0.2, 0.25) is 0 Å². The summed E-state index contributed by atoms with van der Waals surface area (Å²) in [4.78, 5) is 30.8. The number of carbonyl (C=O) groups excluding carboxylic acids is 2. The Balaban J connectivity index is 1.99. The summed E-state index contributed by atoms with van der Waals surface area (Å²) >= 11 is 0. The van der Waals surface area contributed by atoms with Crippen LogP contribution >= 0.6 is 0 Å². The molecule has 1 aromatic carbocycles. The summed E-state index contributed by atoms with van der Waals surface area (Å²) in [6, 6.07) is 8.85. The number of hydrogen-bond donors (Lipinski definition) is 2. The molecule has 2 aromatic rings. The molecule has 1 heterocycles. The average Bonchev–Trinajstić information content (AvgIpc) is 2.61. The molecule has 2 N–H and O–H groups in total. The summed E-state index contributed by atoms with van der Waals surface area (Å²) in [5.74, 6) is -0.540. The fourth-order valence-electron chi connectivity index (χ4n) is 2.41. The molecule has 1 aromatic heterocycles. The maximum absolute atomic E-state index is 12.4. The Morgan fingerprint density at radius 1 is 1.04 bits per heavy atom. The predicted octanol–water partition coefficient (Wildman–Crippen LogP) is 2.63. The monoisotopic (exact) mass is 354 g/mol. The number of rotatable bonds is 7. The second-order valence-corrected chi connectivity index (χ2v) is 6.60. The predicted molar refractivity (Wildman–Crippen MR) is 104 cm³/mol. The molecule has 0 aliphatic carbocycles. The lowest BCUT2D eigenvalue weighted by atomic mass is 10.1. The van der Waals surface area contributed by atoms with Crippen molar-refractivity contribution in [1.82, 2.24) is 15.2 Å².